The molecule has 1 heterocycles. The molecule has 0 aliphatic carbocycles. The van der Waals surface area contributed by atoms with Gasteiger partial charge < -0.3 is 39.0 Å². The van der Waals surface area contributed by atoms with Crippen molar-refractivity contribution in [3.63, 3.8) is 0 Å². The summed E-state index contributed by atoms with van der Waals surface area (Å²) in [6.07, 6.45) is 72.5. The Kier molecular flexibility index (Phi) is 53.8. The minimum absolute atomic E-state index is 0.0328. The molecule has 0 radical (unpaired) electrons. The van der Waals surface area contributed by atoms with Crippen molar-refractivity contribution in [2.75, 3.05) is 13.2 Å². The van der Waals surface area contributed by atoms with Gasteiger partial charge in [-0.2, -0.15) is 0 Å². The monoisotopic (exact) mass is 1180 g/mol. The van der Waals surface area contributed by atoms with Crippen LogP contribution in [-0.2, 0) is 42.9 Å². The van der Waals surface area contributed by atoms with Gasteiger partial charge in [0.25, 0.3) is 0 Å². The molecule has 1 aliphatic rings. The van der Waals surface area contributed by atoms with E-state index in [1.165, 1.54) is 70.6 Å². The summed E-state index contributed by atoms with van der Waals surface area (Å²) in [5.41, 5.74) is 0. The molecule has 0 aromatic rings. The van der Waals surface area contributed by atoms with Crippen LogP contribution in [0, 0.1) is 0 Å². The molecule has 0 aromatic carbocycles. The number of aliphatic carboxylic acids is 1. The van der Waals surface area contributed by atoms with Gasteiger partial charge in [0.15, 0.2) is 24.6 Å². The van der Waals surface area contributed by atoms with Crippen LogP contribution in [-0.4, -0.2) is 89.2 Å². The van der Waals surface area contributed by atoms with Gasteiger partial charge in [0.1, 0.15) is 18.8 Å². The van der Waals surface area contributed by atoms with Crippen LogP contribution in [0.2, 0.25) is 0 Å². The summed E-state index contributed by atoms with van der Waals surface area (Å²) in [4.78, 5) is 51.3. The average Bonchev–Trinajstić information content (AvgIpc) is 3.46. The molecular weight excluding hydrogens is 1070 g/mol. The van der Waals surface area contributed by atoms with Crippen LogP contribution in [0.5, 0.6) is 0 Å². The Morgan fingerprint density at radius 1 is 0.400 bits per heavy atom. The fraction of sp³-hybridized carbons (Fsp3) is 0.616. The van der Waals surface area contributed by atoms with Gasteiger partial charge in [0, 0.05) is 19.3 Å². The van der Waals surface area contributed by atoms with E-state index in [1.54, 1.807) is 0 Å². The number of carboxylic acids is 1. The highest BCUT2D eigenvalue weighted by atomic mass is 16.7. The zero-order valence-corrected chi connectivity index (χ0v) is 52.8. The molecule has 0 bridgehead atoms. The molecule has 85 heavy (non-hydrogen) atoms. The lowest BCUT2D eigenvalue weighted by atomic mass is 9.98. The van der Waals surface area contributed by atoms with Crippen LogP contribution in [0.25, 0.3) is 0 Å². The molecular formula is C73H114O12. The number of aliphatic hydroxyl groups is 2. The van der Waals surface area contributed by atoms with Crippen molar-refractivity contribution in [2.24, 2.45) is 0 Å². The van der Waals surface area contributed by atoms with Crippen LogP contribution in [0.3, 0.4) is 0 Å². The summed E-state index contributed by atoms with van der Waals surface area (Å²) < 4.78 is 28.4. The van der Waals surface area contributed by atoms with E-state index in [9.17, 15) is 34.5 Å². The van der Waals surface area contributed by atoms with E-state index in [0.29, 0.717) is 32.1 Å². The molecule has 478 valence electrons. The predicted octanol–water partition coefficient (Wildman–Crippen LogP) is 17.9. The zero-order valence-electron chi connectivity index (χ0n) is 52.8. The third-order valence-electron chi connectivity index (χ3n) is 13.9. The van der Waals surface area contributed by atoms with Crippen LogP contribution in [0.1, 0.15) is 239 Å². The quantitative estimate of drug-likeness (QED) is 0.0228. The van der Waals surface area contributed by atoms with Crippen molar-refractivity contribution in [3.05, 3.63) is 146 Å². The maximum atomic E-state index is 13.2. The third-order valence-corrected chi connectivity index (χ3v) is 13.9. The molecule has 1 rings (SSSR count). The second kappa shape index (κ2) is 59.0. The Hall–Kier alpha value is -5.40. The molecule has 0 spiro atoms. The highest BCUT2D eigenvalue weighted by Gasteiger charge is 2.50. The van der Waals surface area contributed by atoms with Gasteiger partial charge in [-0.05, 0) is 122 Å². The number of carboxylic acid groups (broad SMARTS) is 1. The number of esters is 3. The van der Waals surface area contributed by atoms with Gasteiger partial charge in [-0.1, -0.05) is 244 Å². The van der Waals surface area contributed by atoms with E-state index < -0.39 is 67.3 Å². The van der Waals surface area contributed by atoms with Crippen molar-refractivity contribution < 1.29 is 58.2 Å². The van der Waals surface area contributed by atoms with Crippen LogP contribution in [0.15, 0.2) is 146 Å². The Bertz CT molecular complexity index is 2030. The van der Waals surface area contributed by atoms with Gasteiger partial charge in [0.2, 0.25) is 0 Å². The van der Waals surface area contributed by atoms with Gasteiger partial charge in [-0.15, -0.1) is 0 Å². The number of ether oxygens (including phenoxy) is 5. The van der Waals surface area contributed by atoms with Crippen molar-refractivity contribution in [2.45, 2.75) is 276 Å². The highest BCUT2D eigenvalue weighted by molar-refractivity contribution is 5.74. The molecule has 12 heteroatoms. The smallest absolute Gasteiger partial charge is 0.335 e. The van der Waals surface area contributed by atoms with Crippen molar-refractivity contribution >= 4 is 23.9 Å². The molecule has 6 atom stereocenters. The Morgan fingerprint density at radius 2 is 0.776 bits per heavy atom. The third kappa shape index (κ3) is 48.4. The maximum absolute atomic E-state index is 13.2. The van der Waals surface area contributed by atoms with Gasteiger partial charge >= 0.3 is 23.9 Å². The summed E-state index contributed by atoms with van der Waals surface area (Å²) in [5.74, 6) is -3.33. The fourth-order valence-corrected chi connectivity index (χ4v) is 8.95. The number of hydrogen-bond donors (Lipinski definition) is 3. The molecule has 12 nitrogen and oxygen atoms in total. The minimum atomic E-state index is -1.94. The molecule has 1 saturated heterocycles. The molecule has 1 aliphatic heterocycles. The summed E-state index contributed by atoms with van der Waals surface area (Å²) >= 11 is 0. The number of aliphatic hydroxyl groups excluding tert-OH is 2. The Labute approximate surface area is 514 Å². The number of carbonyl (C=O) groups is 4. The van der Waals surface area contributed by atoms with Crippen molar-refractivity contribution in [1.82, 2.24) is 0 Å². The Balaban J connectivity index is 2.75. The first-order chi connectivity index (χ1) is 41.6. The maximum Gasteiger partial charge on any atom is 0.335 e. The minimum Gasteiger partial charge on any atom is -0.479 e. The molecule has 0 saturated carbocycles. The summed E-state index contributed by atoms with van der Waals surface area (Å²) in [7, 11) is 0. The number of rotatable bonds is 54. The first-order valence-electron chi connectivity index (χ1n) is 32.8. The first-order valence-corrected chi connectivity index (χ1v) is 32.8. The lowest BCUT2D eigenvalue weighted by Crippen LogP contribution is -2.61. The number of carbonyl (C=O) groups excluding carboxylic acids is 3. The number of hydrogen-bond acceptors (Lipinski definition) is 11. The lowest BCUT2D eigenvalue weighted by molar-refractivity contribution is -0.301. The number of allylic oxidation sites excluding steroid dienone is 24. The van der Waals surface area contributed by atoms with Crippen molar-refractivity contribution in [3.8, 4) is 0 Å². The average molecular weight is 1180 g/mol. The van der Waals surface area contributed by atoms with E-state index in [1.807, 2.05) is 24.3 Å². The molecule has 6 unspecified atom stereocenters. The van der Waals surface area contributed by atoms with Crippen LogP contribution in [0.4, 0.5) is 0 Å². The molecule has 3 N–H and O–H groups in total. The number of unbranched alkanes of at least 4 members (excludes halogenated alkanes) is 16. The Morgan fingerprint density at radius 3 is 1.22 bits per heavy atom. The molecule has 0 aromatic heterocycles. The van der Waals surface area contributed by atoms with Crippen molar-refractivity contribution in [1.29, 1.82) is 0 Å². The lowest BCUT2D eigenvalue weighted by Gasteiger charge is -2.40. The normalized spacial score (nSPS) is 18.4. The van der Waals surface area contributed by atoms with E-state index in [-0.39, 0.29) is 25.9 Å². The summed E-state index contributed by atoms with van der Waals surface area (Å²) in [6, 6.07) is 0. The predicted molar refractivity (Wildman–Crippen MR) is 349 cm³/mol. The topological polar surface area (TPSA) is 175 Å². The molecule has 0 amide bonds. The van der Waals surface area contributed by atoms with E-state index in [2.05, 4.69) is 142 Å². The largest absolute Gasteiger partial charge is 0.479 e. The first kappa shape index (κ1) is 77.6. The van der Waals surface area contributed by atoms with E-state index >= 15 is 0 Å². The second-order valence-electron chi connectivity index (χ2n) is 21.6. The van der Waals surface area contributed by atoms with Gasteiger partial charge in [-0.25, -0.2) is 4.79 Å². The van der Waals surface area contributed by atoms with Crippen LogP contribution < -0.4 is 0 Å². The zero-order chi connectivity index (χ0) is 61.7. The SMILES string of the molecule is CC/C=C\C/C=C\C/C=C\C/C=C\C/C=C\C/C=C\CCC(=O)OCC(COC1OC(C(=O)O)C(O)C(O)C1OC(=O)CCC/C=C\C/C=C\C/C=C\C/C=C\C/C=C\CC)OC(=O)CCCCCCCCCCC/C=C\CCCCCCCC. The second-order valence-corrected chi connectivity index (χ2v) is 21.6. The fourth-order valence-electron chi connectivity index (χ4n) is 8.95. The van der Waals surface area contributed by atoms with Gasteiger partial charge in [-0.3, -0.25) is 14.4 Å². The van der Waals surface area contributed by atoms with E-state index in [4.69, 9.17) is 23.7 Å². The summed E-state index contributed by atoms with van der Waals surface area (Å²) in [5, 5.41) is 31.6. The van der Waals surface area contributed by atoms with E-state index in [0.717, 1.165) is 96.3 Å². The summed E-state index contributed by atoms with van der Waals surface area (Å²) in [6.45, 7) is 5.68. The standard InChI is InChI=1S/C73H114O12/c1-4-7-10-13-16-19-22-25-28-31-33-36-38-41-44-47-50-53-56-59-65(74)81-62-64(83-66(75)60-57-54-51-48-45-42-40-37-34-32-29-26-23-20-17-14-11-8-5-2)63-82-73-71(69(78)68(77)70(85-73)72(79)80)84-67(76)61-58-55-52-49-46-43-39-35-30-27-24-21-18-15-12-9-6-3/h7,9-10,12,16,18-19,21,25-30,33,36,39,41,43-44,49-50,52-53,64,68-71,73,77-78H,4-6,8,11,13-15,17,20,22-24,31-32,34-35,37-38,40,42,45-48,51,54-63H2,1-3H3,(H,79,80)/b10-7-,12-9-,19-16-,21-18-,28-25-,29-26-,30-27-,36-33-,43-39-,44-41-,52-49-,53-50-. The van der Waals surface area contributed by atoms with Gasteiger partial charge in [0.05, 0.1) is 6.61 Å². The van der Waals surface area contributed by atoms with Crippen LogP contribution >= 0.6 is 0 Å². The molecule has 1 fully saturated rings. The highest BCUT2D eigenvalue weighted by Crippen LogP contribution is 2.26.